The van der Waals surface area contributed by atoms with E-state index in [2.05, 4.69) is 10.6 Å². The van der Waals surface area contributed by atoms with Gasteiger partial charge in [-0.05, 0) is 81.8 Å². The molecule has 1 aliphatic carbocycles. The second kappa shape index (κ2) is 12.9. The van der Waals surface area contributed by atoms with E-state index in [1.165, 1.54) is 11.3 Å². The van der Waals surface area contributed by atoms with Gasteiger partial charge in [-0.25, -0.2) is 9.78 Å². The van der Waals surface area contributed by atoms with Crippen LogP contribution >= 0.6 is 0 Å². The van der Waals surface area contributed by atoms with Gasteiger partial charge in [-0.15, -0.1) is 0 Å². The molecule has 0 bridgehead atoms. The molecule has 0 spiro atoms. The lowest BCUT2D eigenvalue weighted by Gasteiger charge is -2.40. The Kier molecular flexibility index (Phi) is 9.60. The van der Waals surface area contributed by atoms with Gasteiger partial charge in [0, 0.05) is 45.4 Å². The van der Waals surface area contributed by atoms with E-state index in [-0.39, 0.29) is 24.7 Å². The summed E-state index contributed by atoms with van der Waals surface area (Å²) in [6, 6.07) is 8.17. The van der Waals surface area contributed by atoms with Gasteiger partial charge in [-0.1, -0.05) is 6.07 Å². The summed E-state index contributed by atoms with van der Waals surface area (Å²) in [5.41, 5.74) is 1.40. The maximum atomic E-state index is 13.3. The summed E-state index contributed by atoms with van der Waals surface area (Å²) in [6.45, 7) is 6.57. The molecule has 224 valence electrons. The first kappa shape index (κ1) is 30.4. The van der Waals surface area contributed by atoms with Crippen LogP contribution in [0.3, 0.4) is 0 Å². The number of phenolic OH excluding ortho intramolecular Hbond substituents is 1. The van der Waals surface area contributed by atoms with Crippen molar-refractivity contribution in [2.45, 2.75) is 76.8 Å². The van der Waals surface area contributed by atoms with Gasteiger partial charge in [0.05, 0.1) is 18.8 Å². The van der Waals surface area contributed by atoms with Gasteiger partial charge >= 0.3 is 6.09 Å². The summed E-state index contributed by atoms with van der Waals surface area (Å²) in [5.74, 6) is 1.02. The number of hydrogen-bond acceptors (Lipinski definition) is 9. The summed E-state index contributed by atoms with van der Waals surface area (Å²) in [5, 5.41) is 27.5. The Morgan fingerprint density at radius 2 is 1.95 bits per heavy atom. The van der Waals surface area contributed by atoms with E-state index in [1.807, 2.05) is 11.9 Å². The van der Waals surface area contributed by atoms with Crippen molar-refractivity contribution in [2.24, 2.45) is 0 Å². The number of anilines is 2. The standard InChI is InChI=1S/C30H43N5O6/c1-30(2,3)41-29(39)35-18-21-13-23(36)10-9-19(21)14-24(35)25(37)17-31-28(38)20-15-26(32-22-7-6-8-22)33-27(16-20)34(4)11-12-40-5/h9-10,13,15-16,22,24-25,36-37H,6-8,11-12,14,17-18H2,1-5H3,(H,31,38)(H,32,33)/t24-,25+/m0/s1. The van der Waals surface area contributed by atoms with Gasteiger partial charge < -0.3 is 35.2 Å². The predicted molar refractivity (Wildman–Crippen MR) is 156 cm³/mol. The molecule has 41 heavy (non-hydrogen) atoms. The molecule has 0 unspecified atom stereocenters. The monoisotopic (exact) mass is 569 g/mol. The molecule has 4 N–H and O–H groups in total. The first-order valence-corrected chi connectivity index (χ1v) is 14.2. The van der Waals surface area contributed by atoms with Gasteiger partial charge in [-0.2, -0.15) is 0 Å². The molecule has 1 fully saturated rings. The maximum Gasteiger partial charge on any atom is 0.410 e. The molecule has 11 nitrogen and oxygen atoms in total. The Labute approximate surface area is 241 Å². The molecule has 0 radical (unpaired) electrons. The minimum Gasteiger partial charge on any atom is -0.508 e. The number of nitrogens with one attached hydrogen (secondary N) is 2. The molecule has 11 heteroatoms. The topological polar surface area (TPSA) is 136 Å². The number of rotatable bonds is 10. The number of aliphatic hydroxyl groups excluding tert-OH is 1. The zero-order valence-electron chi connectivity index (χ0n) is 24.6. The number of amides is 2. The number of phenols is 1. The fraction of sp³-hybridized carbons (Fsp3) is 0.567. The highest BCUT2D eigenvalue weighted by atomic mass is 16.6. The molecule has 1 saturated carbocycles. The SMILES string of the molecule is COCCN(C)c1cc(C(=O)NC[C@@H](O)[C@@H]2Cc3ccc(O)cc3CN2C(=O)OC(C)(C)C)cc(NC2CCC2)n1. The number of aromatic hydroxyl groups is 1. The normalized spacial score (nSPS) is 17.7. The number of carbonyl (C=O) groups is 2. The molecule has 2 amide bonds. The second-order valence-corrected chi connectivity index (χ2v) is 11.9. The molecule has 0 saturated heterocycles. The highest BCUT2D eigenvalue weighted by molar-refractivity contribution is 5.95. The number of likely N-dealkylation sites (N-methyl/N-ethyl adjacent to an activating group) is 1. The van der Waals surface area contributed by atoms with E-state index in [4.69, 9.17) is 14.5 Å². The lowest BCUT2D eigenvalue weighted by Crippen LogP contribution is -2.54. The molecule has 2 aliphatic rings. The number of benzene rings is 1. The van der Waals surface area contributed by atoms with Crippen molar-refractivity contribution in [3.63, 3.8) is 0 Å². The molecule has 4 rings (SSSR count). The highest BCUT2D eigenvalue weighted by Crippen LogP contribution is 2.30. The Morgan fingerprint density at radius 1 is 1.20 bits per heavy atom. The molecule has 2 atom stereocenters. The van der Waals surface area contributed by atoms with Crippen LogP contribution in [0.25, 0.3) is 0 Å². The van der Waals surface area contributed by atoms with Crippen molar-refractivity contribution >= 4 is 23.6 Å². The lowest BCUT2D eigenvalue weighted by atomic mass is 9.91. The van der Waals surface area contributed by atoms with Crippen LogP contribution in [0.1, 0.15) is 61.5 Å². The second-order valence-electron chi connectivity index (χ2n) is 11.9. The number of carbonyl (C=O) groups excluding carboxylic acids is 2. The Balaban J connectivity index is 1.49. The third kappa shape index (κ3) is 8.01. The molecule has 2 heterocycles. The van der Waals surface area contributed by atoms with Crippen molar-refractivity contribution < 1.29 is 29.3 Å². The quantitative estimate of drug-likeness (QED) is 0.340. The van der Waals surface area contributed by atoms with Crippen LogP contribution in [0.4, 0.5) is 16.4 Å². The van der Waals surface area contributed by atoms with E-state index < -0.39 is 23.8 Å². The number of nitrogens with zero attached hydrogens (tertiary/aromatic N) is 3. The third-order valence-corrected chi connectivity index (χ3v) is 7.46. The van der Waals surface area contributed by atoms with Crippen molar-refractivity contribution in [3.05, 3.63) is 47.0 Å². The zero-order chi connectivity index (χ0) is 29.7. The van der Waals surface area contributed by atoms with Gasteiger partial charge in [0.15, 0.2) is 0 Å². The van der Waals surface area contributed by atoms with Gasteiger partial charge in [0.1, 0.15) is 23.0 Å². The van der Waals surface area contributed by atoms with E-state index in [9.17, 15) is 19.8 Å². The van der Waals surface area contributed by atoms with Gasteiger partial charge in [-0.3, -0.25) is 9.69 Å². The number of pyridine rings is 1. The van der Waals surface area contributed by atoms with Crippen molar-refractivity contribution in [1.82, 2.24) is 15.2 Å². The Morgan fingerprint density at radius 3 is 2.61 bits per heavy atom. The molecule has 1 aromatic carbocycles. The summed E-state index contributed by atoms with van der Waals surface area (Å²) < 4.78 is 10.8. The number of aliphatic hydroxyl groups is 1. The lowest BCUT2D eigenvalue weighted by molar-refractivity contribution is -0.0113. The van der Waals surface area contributed by atoms with Crippen LogP contribution in [-0.2, 0) is 22.4 Å². The van der Waals surface area contributed by atoms with E-state index >= 15 is 0 Å². The third-order valence-electron chi connectivity index (χ3n) is 7.46. The minimum atomic E-state index is -1.06. The maximum absolute atomic E-state index is 13.3. The Bertz CT molecular complexity index is 1230. The summed E-state index contributed by atoms with van der Waals surface area (Å²) in [6.07, 6.45) is 2.03. The van der Waals surface area contributed by atoms with Crippen LogP contribution in [0.2, 0.25) is 0 Å². The Hall–Kier alpha value is -3.57. The number of methoxy groups -OCH3 is 1. The average Bonchev–Trinajstić information content (AvgIpc) is 2.90. The predicted octanol–water partition coefficient (Wildman–Crippen LogP) is 3.29. The van der Waals surface area contributed by atoms with Crippen LogP contribution in [0.15, 0.2) is 30.3 Å². The van der Waals surface area contributed by atoms with Crippen LogP contribution in [0.5, 0.6) is 5.75 Å². The largest absolute Gasteiger partial charge is 0.508 e. The summed E-state index contributed by atoms with van der Waals surface area (Å²) in [4.78, 5) is 34.6. The van der Waals surface area contributed by atoms with E-state index in [0.29, 0.717) is 42.8 Å². The molecular formula is C30H43N5O6. The van der Waals surface area contributed by atoms with Crippen LogP contribution in [-0.4, -0.2) is 89.7 Å². The van der Waals surface area contributed by atoms with Crippen molar-refractivity contribution in [3.8, 4) is 5.75 Å². The number of ether oxygens (including phenoxy) is 2. The number of fused-ring (bicyclic) bond motifs is 1. The van der Waals surface area contributed by atoms with Crippen LogP contribution < -0.4 is 15.5 Å². The van der Waals surface area contributed by atoms with Crippen molar-refractivity contribution in [2.75, 3.05) is 44.1 Å². The van der Waals surface area contributed by atoms with E-state index in [1.54, 1.807) is 58.2 Å². The van der Waals surface area contributed by atoms with Gasteiger partial charge in [0.25, 0.3) is 5.91 Å². The number of hydrogen-bond donors (Lipinski definition) is 4. The summed E-state index contributed by atoms with van der Waals surface area (Å²) in [7, 11) is 3.53. The highest BCUT2D eigenvalue weighted by Gasteiger charge is 2.37. The molecule has 2 aromatic rings. The number of aromatic nitrogens is 1. The van der Waals surface area contributed by atoms with E-state index in [0.717, 1.165) is 24.0 Å². The first-order valence-electron chi connectivity index (χ1n) is 14.2. The average molecular weight is 570 g/mol. The molecule has 1 aliphatic heterocycles. The molecular weight excluding hydrogens is 526 g/mol. The fourth-order valence-electron chi connectivity index (χ4n) is 4.92. The fourth-order valence-corrected chi connectivity index (χ4v) is 4.92. The first-order chi connectivity index (χ1) is 19.4. The zero-order valence-corrected chi connectivity index (χ0v) is 24.6. The molecule has 1 aromatic heterocycles. The van der Waals surface area contributed by atoms with Crippen molar-refractivity contribution in [1.29, 1.82) is 0 Å². The van der Waals surface area contributed by atoms with Crippen LogP contribution in [0, 0.1) is 0 Å². The smallest absolute Gasteiger partial charge is 0.410 e. The van der Waals surface area contributed by atoms with Gasteiger partial charge in [0.2, 0.25) is 0 Å². The minimum absolute atomic E-state index is 0.0707. The summed E-state index contributed by atoms with van der Waals surface area (Å²) >= 11 is 0.